The first-order valence-electron chi connectivity index (χ1n) is 4.77. The number of azide groups is 1. The van der Waals surface area contributed by atoms with Gasteiger partial charge in [0.1, 0.15) is 6.10 Å². The van der Waals surface area contributed by atoms with Crippen molar-refractivity contribution < 1.29 is 19.0 Å². The molecule has 0 bridgehead atoms. The zero-order chi connectivity index (χ0) is 13.7. The Hall–Kier alpha value is -2.20. The zero-order valence-corrected chi connectivity index (χ0v) is 8.96. The van der Waals surface area contributed by atoms with E-state index in [1.807, 2.05) is 0 Å². The molecule has 0 fully saturated rings. The summed E-state index contributed by atoms with van der Waals surface area (Å²) in [6.45, 7) is -0.457. The molecule has 0 aliphatic rings. The highest BCUT2D eigenvalue weighted by Crippen LogP contribution is 2.23. The minimum absolute atomic E-state index is 0.267. The van der Waals surface area contributed by atoms with Crippen LogP contribution in [0.2, 0.25) is 0 Å². The second-order valence-electron chi connectivity index (χ2n) is 3.39. The molecule has 0 amide bonds. The average Bonchev–Trinajstić information content (AvgIpc) is 2.37. The number of rotatable bonds is 4. The van der Waals surface area contributed by atoms with Gasteiger partial charge in [-0.15, -0.1) is 0 Å². The van der Waals surface area contributed by atoms with Crippen LogP contribution in [0, 0.1) is 23.0 Å². The quantitative estimate of drug-likeness (QED) is 0.482. The van der Waals surface area contributed by atoms with E-state index in [4.69, 9.17) is 10.8 Å². The van der Waals surface area contributed by atoms with Crippen LogP contribution in [-0.2, 0) is 0 Å². The Bertz CT molecular complexity index is 537. The second-order valence-corrected chi connectivity index (χ2v) is 3.39. The summed E-state index contributed by atoms with van der Waals surface area (Å²) in [7, 11) is 0. The average molecular weight is 254 g/mol. The number of nitrogens with zero attached hydrogens (tertiary/aromatic N) is 4. The number of hydrogen-bond donors (Lipinski definition) is 2. The highest BCUT2D eigenvalue weighted by atomic mass is 19.2. The van der Waals surface area contributed by atoms with E-state index in [1.165, 1.54) is 0 Å². The molecule has 0 radical (unpaired) electrons. The van der Waals surface area contributed by atoms with Gasteiger partial charge >= 0.3 is 0 Å². The van der Waals surface area contributed by atoms with Crippen LogP contribution in [0.25, 0.3) is 10.4 Å². The van der Waals surface area contributed by atoms with Gasteiger partial charge in [-0.25, -0.2) is 8.78 Å². The van der Waals surface area contributed by atoms with Crippen molar-refractivity contribution in [2.75, 3.05) is 6.54 Å². The first kappa shape index (κ1) is 13.9. The van der Waals surface area contributed by atoms with Crippen molar-refractivity contribution in [1.29, 1.82) is 5.26 Å². The third-order valence-electron chi connectivity index (χ3n) is 2.23. The topological polar surface area (TPSA) is 113 Å². The van der Waals surface area contributed by atoms with Gasteiger partial charge in [0.05, 0.1) is 24.3 Å². The molecule has 0 spiro atoms. The van der Waals surface area contributed by atoms with Gasteiger partial charge in [-0.1, -0.05) is 5.11 Å². The first-order valence-corrected chi connectivity index (χ1v) is 4.77. The van der Waals surface area contributed by atoms with Crippen molar-refractivity contribution in [3.63, 3.8) is 0 Å². The standard InChI is InChI=1S/C10H8F2N4O2/c11-7-1-5(3-13)6(2-8(7)12)10(18)9(17)4-15-16-14/h1-2,9-10,17-18H,4H2. The summed E-state index contributed by atoms with van der Waals surface area (Å²) < 4.78 is 25.9. The van der Waals surface area contributed by atoms with Crippen LogP contribution >= 0.6 is 0 Å². The first-order chi connectivity index (χ1) is 8.51. The van der Waals surface area contributed by atoms with Crippen molar-refractivity contribution in [3.8, 4) is 6.07 Å². The molecule has 0 heterocycles. The van der Waals surface area contributed by atoms with Crippen LogP contribution in [0.15, 0.2) is 17.2 Å². The summed E-state index contributed by atoms with van der Waals surface area (Å²) in [5, 5.41) is 30.9. The minimum atomic E-state index is -1.65. The number of aliphatic hydroxyl groups excluding tert-OH is 2. The van der Waals surface area contributed by atoms with Gasteiger partial charge in [-0.2, -0.15) is 5.26 Å². The third-order valence-corrected chi connectivity index (χ3v) is 2.23. The molecular formula is C10H8F2N4O2. The Labute approximate surface area is 100 Å². The predicted molar refractivity (Wildman–Crippen MR) is 56.1 cm³/mol. The highest BCUT2D eigenvalue weighted by molar-refractivity contribution is 5.40. The molecule has 2 atom stereocenters. The fourth-order valence-electron chi connectivity index (χ4n) is 1.33. The highest BCUT2D eigenvalue weighted by Gasteiger charge is 2.22. The zero-order valence-electron chi connectivity index (χ0n) is 8.96. The summed E-state index contributed by atoms with van der Waals surface area (Å²) in [5.74, 6) is -2.48. The van der Waals surface area contributed by atoms with Crippen LogP contribution in [0.4, 0.5) is 8.78 Å². The third kappa shape index (κ3) is 2.93. The number of halogens is 2. The summed E-state index contributed by atoms with van der Waals surface area (Å²) >= 11 is 0. The summed E-state index contributed by atoms with van der Waals surface area (Å²) in [4.78, 5) is 2.38. The lowest BCUT2D eigenvalue weighted by atomic mass is 9.99. The van der Waals surface area contributed by atoms with Gasteiger partial charge in [-0.3, -0.25) is 0 Å². The van der Waals surface area contributed by atoms with Crippen molar-refractivity contribution >= 4 is 0 Å². The number of nitriles is 1. The van der Waals surface area contributed by atoms with E-state index in [9.17, 15) is 19.0 Å². The molecular weight excluding hydrogens is 246 g/mol. The van der Waals surface area contributed by atoms with E-state index in [2.05, 4.69) is 10.0 Å². The summed E-state index contributed by atoms with van der Waals surface area (Å²) in [5.41, 5.74) is 7.48. The minimum Gasteiger partial charge on any atom is -0.390 e. The Morgan fingerprint density at radius 3 is 2.56 bits per heavy atom. The molecule has 0 aliphatic heterocycles. The molecule has 0 aromatic heterocycles. The molecule has 2 unspecified atom stereocenters. The fourth-order valence-corrected chi connectivity index (χ4v) is 1.33. The van der Waals surface area contributed by atoms with Crippen LogP contribution in [0.3, 0.4) is 0 Å². The second kappa shape index (κ2) is 5.93. The molecule has 2 N–H and O–H groups in total. The van der Waals surface area contributed by atoms with E-state index >= 15 is 0 Å². The van der Waals surface area contributed by atoms with E-state index in [1.54, 1.807) is 6.07 Å². The van der Waals surface area contributed by atoms with E-state index in [0.29, 0.717) is 12.1 Å². The fraction of sp³-hybridized carbons (Fsp3) is 0.300. The van der Waals surface area contributed by atoms with Crippen LogP contribution in [0.1, 0.15) is 17.2 Å². The van der Waals surface area contributed by atoms with Gasteiger partial charge in [0, 0.05) is 10.5 Å². The molecule has 1 rings (SSSR count). The number of aliphatic hydroxyl groups is 2. The van der Waals surface area contributed by atoms with E-state index in [-0.39, 0.29) is 11.1 Å². The molecule has 1 aromatic rings. The monoisotopic (exact) mass is 254 g/mol. The Morgan fingerprint density at radius 2 is 2.00 bits per heavy atom. The van der Waals surface area contributed by atoms with Crippen molar-refractivity contribution in [2.24, 2.45) is 5.11 Å². The van der Waals surface area contributed by atoms with Crippen LogP contribution < -0.4 is 0 Å². The number of hydrogen-bond acceptors (Lipinski definition) is 4. The van der Waals surface area contributed by atoms with E-state index < -0.39 is 30.4 Å². The molecule has 6 nitrogen and oxygen atoms in total. The molecule has 94 valence electrons. The van der Waals surface area contributed by atoms with Gasteiger partial charge in [-0.05, 0) is 17.7 Å². The SMILES string of the molecule is N#Cc1cc(F)c(F)cc1C(O)C(O)CN=[N+]=[N-]. The van der Waals surface area contributed by atoms with Crippen molar-refractivity contribution in [3.05, 3.63) is 45.3 Å². The molecule has 0 saturated carbocycles. The maximum atomic E-state index is 13.0. The smallest absolute Gasteiger partial charge is 0.160 e. The van der Waals surface area contributed by atoms with Crippen LogP contribution in [0.5, 0.6) is 0 Å². The normalized spacial score (nSPS) is 13.3. The molecule has 0 aliphatic carbocycles. The molecule has 1 aromatic carbocycles. The van der Waals surface area contributed by atoms with Gasteiger partial charge in [0.2, 0.25) is 0 Å². The van der Waals surface area contributed by atoms with Gasteiger partial charge in [0.25, 0.3) is 0 Å². The lowest BCUT2D eigenvalue weighted by Gasteiger charge is -2.17. The lowest BCUT2D eigenvalue weighted by molar-refractivity contribution is 0.0240. The predicted octanol–water partition coefficient (Wildman–Crippen LogP) is 1.54. The van der Waals surface area contributed by atoms with Gasteiger partial charge < -0.3 is 10.2 Å². The Balaban J connectivity index is 3.12. The summed E-state index contributed by atoms with van der Waals surface area (Å²) in [6.07, 6.45) is -3.17. The Morgan fingerprint density at radius 1 is 1.39 bits per heavy atom. The molecule has 8 heteroatoms. The Kier molecular flexibility index (Phi) is 4.57. The van der Waals surface area contributed by atoms with Gasteiger partial charge in [0.15, 0.2) is 11.6 Å². The van der Waals surface area contributed by atoms with Crippen molar-refractivity contribution in [1.82, 2.24) is 0 Å². The molecule has 0 saturated heterocycles. The van der Waals surface area contributed by atoms with E-state index in [0.717, 1.165) is 0 Å². The van der Waals surface area contributed by atoms with Crippen molar-refractivity contribution in [2.45, 2.75) is 12.2 Å². The maximum Gasteiger partial charge on any atom is 0.160 e. The maximum absolute atomic E-state index is 13.0. The molecule has 18 heavy (non-hydrogen) atoms. The number of benzene rings is 1. The summed E-state index contributed by atoms with van der Waals surface area (Å²) in [6, 6.07) is 2.82. The lowest BCUT2D eigenvalue weighted by Crippen LogP contribution is -2.22. The largest absolute Gasteiger partial charge is 0.390 e. The van der Waals surface area contributed by atoms with Crippen LogP contribution in [-0.4, -0.2) is 22.9 Å².